The van der Waals surface area contributed by atoms with Gasteiger partial charge in [0.25, 0.3) is 0 Å². The van der Waals surface area contributed by atoms with Crippen LogP contribution >= 0.6 is 0 Å². The van der Waals surface area contributed by atoms with E-state index in [0.717, 1.165) is 17.4 Å². The molecule has 2 N–H and O–H groups in total. The molecule has 0 aromatic carbocycles. The predicted molar refractivity (Wildman–Crippen MR) is 69.0 cm³/mol. The summed E-state index contributed by atoms with van der Waals surface area (Å²) in [6.07, 6.45) is 1.27. The standard InChI is InChI=1S/C7H15NO2.C3H6O2.C2H6/c1-8(2,3)6-4-5-7(9)10;1-2-3(4)5;1-2/h4-6H2,1-3H3;2H2,1H3,(H,4,5);1-2H3/p+1. The van der Waals surface area contributed by atoms with Crippen LogP contribution in [0.5, 0.6) is 0 Å². The lowest BCUT2D eigenvalue weighted by Crippen LogP contribution is -2.35. The fraction of sp³-hybridized carbons (Fsp3) is 0.833. The first kappa shape index (κ1) is 21.2. The first-order valence-corrected chi connectivity index (χ1v) is 5.93. The predicted octanol–water partition coefficient (Wildman–Crippen LogP) is 2.06. The van der Waals surface area contributed by atoms with E-state index in [1.165, 1.54) is 0 Å². The number of carboxylic acid groups (broad SMARTS) is 2. The molecule has 0 aromatic heterocycles. The van der Waals surface area contributed by atoms with Gasteiger partial charge in [-0.2, -0.15) is 0 Å². The first-order valence-electron chi connectivity index (χ1n) is 5.93. The lowest BCUT2D eigenvalue weighted by molar-refractivity contribution is -0.870. The quantitative estimate of drug-likeness (QED) is 0.732. The normalized spacial score (nSPS) is 9.29. The van der Waals surface area contributed by atoms with E-state index in [2.05, 4.69) is 21.1 Å². The van der Waals surface area contributed by atoms with Crippen molar-refractivity contribution in [3.05, 3.63) is 0 Å². The van der Waals surface area contributed by atoms with Crippen LogP contribution in [-0.2, 0) is 9.59 Å². The highest BCUT2D eigenvalue weighted by Crippen LogP contribution is 1.96. The van der Waals surface area contributed by atoms with Crippen LogP contribution in [0, 0.1) is 0 Å². The third kappa shape index (κ3) is 39.7. The average molecular weight is 250 g/mol. The largest absolute Gasteiger partial charge is 0.481 e. The molecule has 0 heterocycles. The van der Waals surface area contributed by atoms with Crippen molar-refractivity contribution < 1.29 is 24.3 Å². The van der Waals surface area contributed by atoms with Crippen LogP contribution in [0.15, 0.2) is 0 Å². The average Bonchev–Trinajstić information content (AvgIpc) is 2.19. The van der Waals surface area contributed by atoms with Crippen molar-refractivity contribution in [2.45, 2.75) is 40.0 Å². The Labute approximate surface area is 105 Å². The first-order chi connectivity index (χ1) is 7.69. The van der Waals surface area contributed by atoms with Crippen LogP contribution in [0.4, 0.5) is 0 Å². The SMILES string of the molecule is CC.CCC(=O)O.C[N+](C)(C)CCCC(=O)O. The molecule has 0 spiro atoms. The number of hydrogen-bond donors (Lipinski definition) is 2. The molecule has 0 radical (unpaired) electrons. The molecule has 0 saturated carbocycles. The molecule has 5 nitrogen and oxygen atoms in total. The van der Waals surface area contributed by atoms with Crippen molar-refractivity contribution in [3.63, 3.8) is 0 Å². The van der Waals surface area contributed by atoms with E-state index in [4.69, 9.17) is 10.2 Å². The highest BCUT2D eigenvalue weighted by atomic mass is 16.4. The second kappa shape index (κ2) is 13.0. The molecule has 5 heteroatoms. The number of hydrogen-bond acceptors (Lipinski definition) is 2. The minimum absolute atomic E-state index is 0.222. The minimum Gasteiger partial charge on any atom is -0.481 e. The summed E-state index contributed by atoms with van der Waals surface area (Å²) in [6, 6.07) is 0. The second-order valence-corrected chi connectivity index (χ2v) is 4.26. The van der Waals surface area contributed by atoms with E-state index in [-0.39, 0.29) is 12.8 Å². The molecule has 0 bridgehead atoms. The van der Waals surface area contributed by atoms with Gasteiger partial charge in [0.05, 0.1) is 34.1 Å². The molecule has 0 atom stereocenters. The lowest BCUT2D eigenvalue weighted by atomic mass is 10.3. The topological polar surface area (TPSA) is 74.6 Å². The number of aliphatic carboxylic acids is 2. The minimum atomic E-state index is -0.745. The van der Waals surface area contributed by atoms with Gasteiger partial charge in [0, 0.05) is 12.8 Å². The maximum Gasteiger partial charge on any atom is 0.303 e. The van der Waals surface area contributed by atoms with Gasteiger partial charge in [-0.1, -0.05) is 20.8 Å². The molecule has 104 valence electrons. The molecule has 0 aliphatic carbocycles. The molecular formula is C12H28NO4+. The maximum atomic E-state index is 10.1. The highest BCUT2D eigenvalue weighted by Gasteiger charge is 2.07. The van der Waals surface area contributed by atoms with E-state index >= 15 is 0 Å². The van der Waals surface area contributed by atoms with Crippen LogP contribution in [0.2, 0.25) is 0 Å². The second-order valence-electron chi connectivity index (χ2n) is 4.26. The Balaban J connectivity index is -0.000000236. The third-order valence-electron chi connectivity index (χ3n) is 1.52. The van der Waals surface area contributed by atoms with E-state index in [9.17, 15) is 9.59 Å². The fourth-order valence-corrected chi connectivity index (χ4v) is 0.705. The molecule has 0 amide bonds. The van der Waals surface area contributed by atoms with Crippen molar-refractivity contribution in [1.29, 1.82) is 0 Å². The zero-order valence-corrected chi connectivity index (χ0v) is 12.0. The van der Waals surface area contributed by atoms with Crippen LogP contribution in [0.25, 0.3) is 0 Å². The Kier molecular flexibility index (Phi) is 16.2. The molecule has 0 aliphatic heterocycles. The monoisotopic (exact) mass is 250 g/mol. The van der Waals surface area contributed by atoms with Gasteiger partial charge in [0.2, 0.25) is 0 Å². The Morgan fingerprint density at radius 1 is 1.00 bits per heavy atom. The summed E-state index contributed by atoms with van der Waals surface area (Å²) in [4.78, 5) is 19.4. The van der Waals surface area contributed by atoms with Crippen LogP contribution < -0.4 is 0 Å². The van der Waals surface area contributed by atoms with Gasteiger partial charge < -0.3 is 14.7 Å². The summed E-state index contributed by atoms with van der Waals surface area (Å²) in [5, 5.41) is 16.0. The Morgan fingerprint density at radius 3 is 1.53 bits per heavy atom. The third-order valence-corrected chi connectivity index (χ3v) is 1.52. The maximum absolute atomic E-state index is 10.1. The van der Waals surface area contributed by atoms with Crippen LogP contribution in [0.1, 0.15) is 40.0 Å². The summed E-state index contributed by atoms with van der Waals surface area (Å²) in [5.74, 6) is -1.45. The van der Waals surface area contributed by atoms with Gasteiger partial charge in [-0.25, -0.2) is 0 Å². The molecule has 0 rings (SSSR count). The molecule has 0 saturated heterocycles. The summed E-state index contributed by atoms with van der Waals surface area (Å²) in [6.45, 7) is 6.52. The summed E-state index contributed by atoms with van der Waals surface area (Å²) in [7, 11) is 6.17. The van der Waals surface area contributed by atoms with Gasteiger partial charge in [0.15, 0.2) is 0 Å². The van der Waals surface area contributed by atoms with E-state index in [1.807, 2.05) is 13.8 Å². The Morgan fingerprint density at radius 2 is 1.35 bits per heavy atom. The number of nitrogens with zero attached hydrogens (tertiary/aromatic N) is 1. The zero-order chi connectivity index (χ0) is 14.5. The molecule has 0 fully saturated rings. The summed E-state index contributed by atoms with van der Waals surface area (Å²) >= 11 is 0. The van der Waals surface area contributed by atoms with Crippen molar-refractivity contribution in [2.75, 3.05) is 27.7 Å². The molecule has 0 aliphatic rings. The van der Waals surface area contributed by atoms with Gasteiger partial charge in [0.1, 0.15) is 0 Å². The van der Waals surface area contributed by atoms with Crippen LogP contribution in [0.3, 0.4) is 0 Å². The molecule has 0 aromatic rings. The number of quaternary nitrogens is 1. The number of rotatable bonds is 5. The molecular weight excluding hydrogens is 222 g/mol. The van der Waals surface area contributed by atoms with Crippen molar-refractivity contribution in [2.24, 2.45) is 0 Å². The fourth-order valence-electron chi connectivity index (χ4n) is 0.705. The van der Waals surface area contributed by atoms with E-state index < -0.39 is 11.9 Å². The Bertz CT molecular complexity index is 197. The van der Waals surface area contributed by atoms with Crippen molar-refractivity contribution in [3.8, 4) is 0 Å². The zero-order valence-electron chi connectivity index (χ0n) is 12.0. The summed E-state index contributed by atoms with van der Waals surface area (Å²) in [5.41, 5.74) is 0. The van der Waals surface area contributed by atoms with Crippen LogP contribution in [-0.4, -0.2) is 54.3 Å². The van der Waals surface area contributed by atoms with E-state index in [0.29, 0.717) is 0 Å². The van der Waals surface area contributed by atoms with Gasteiger partial charge in [-0.05, 0) is 0 Å². The summed E-state index contributed by atoms with van der Waals surface area (Å²) < 4.78 is 0.841. The lowest BCUT2D eigenvalue weighted by Gasteiger charge is -2.23. The van der Waals surface area contributed by atoms with Gasteiger partial charge in [-0.3, -0.25) is 9.59 Å². The van der Waals surface area contributed by atoms with Gasteiger partial charge in [-0.15, -0.1) is 0 Å². The molecule has 17 heavy (non-hydrogen) atoms. The molecule has 0 unspecified atom stereocenters. The Hall–Kier alpha value is -1.10. The van der Waals surface area contributed by atoms with Crippen molar-refractivity contribution in [1.82, 2.24) is 0 Å². The number of carboxylic acids is 2. The van der Waals surface area contributed by atoms with E-state index in [1.54, 1.807) is 6.92 Å². The smallest absolute Gasteiger partial charge is 0.303 e. The van der Waals surface area contributed by atoms with Gasteiger partial charge >= 0.3 is 11.9 Å². The highest BCUT2D eigenvalue weighted by molar-refractivity contribution is 5.66. The number of carbonyl (C=O) groups is 2. The van der Waals surface area contributed by atoms with Crippen molar-refractivity contribution >= 4 is 11.9 Å².